The molecule has 2 aliphatic carbocycles. The molecule has 2 saturated carbocycles. The molecule has 0 atom stereocenters. The summed E-state index contributed by atoms with van der Waals surface area (Å²) in [5, 5.41) is 0. The normalized spacial score (nSPS) is 27.8. The second-order valence-corrected chi connectivity index (χ2v) is 9.25. The Bertz CT molecular complexity index is 653. The van der Waals surface area contributed by atoms with E-state index in [0.717, 1.165) is 18.8 Å². The van der Waals surface area contributed by atoms with Gasteiger partial charge in [0.1, 0.15) is 5.75 Å². The van der Waals surface area contributed by atoms with Crippen molar-refractivity contribution < 1.29 is 26.7 Å². The van der Waals surface area contributed by atoms with E-state index >= 15 is 0 Å². The lowest BCUT2D eigenvalue weighted by Gasteiger charge is -2.39. The van der Waals surface area contributed by atoms with Crippen LogP contribution in [-0.4, -0.2) is 6.11 Å². The summed E-state index contributed by atoms with van der Waals surface area (Å²) in [5.41, 5.74) is 0. The van der Waals surface area contributed by atoms with Gasteiger partial charge in [0.15, 0.2) is 17.5 Å². The maximum absolute atomic E-state index is 14.6. The minimum Gasteiger partial charge on any atom is -0.432 e. The van der Waals surface area contributed by atoms with E-state index in [-0.39, 0.29) is 0 Å². The predicted octanol–water partition coefficient (Wildman–Crippen LogP) is 8.27. The maximum Gasteiger partial charge on any atom is 0.400 e. The minimum absolute atomic E-state index is 0.334. The molecule has 1 nitrogen and oxygen atoms in total. The number of alkyl halides is 2. The predicted molar refractivity (Wildman–Crippen MR) is 107 cm³/mol. The molecule has 0 amide bonds. The van der Waals surface area contributed by atoms with Gasteiger partial charge < -0.3 is 4.74 Å². The van der Waals surface area contributed by atoms with Gasteiger partial charge >= 0.3 is 6.11 Å². The average molecular weight is 433 g/mol. The Morgan fingerprint density at radius 3 is 1.90 bits per heavy atom. The lowest BCUT2D eigenvalue weighted by atomic mass is 9.68. The lowest BCUT2D eigenvalue weighted by Crippen LogP contribution is -2.38. The van der Waals surface area contributed by atoms with Crippen molar-refractivity contribution in [1.29, 1.82) is 0 Å². The highest BCUT2D eigenvalue weighted by Gasteiger charge is 2.45. The van der Waals surface area contributed by atoms with Gasteiger partial charge in [-0.25, -0.2) is 13.2 Å². The average Bonchev–Trinajstić information content (AvgIpc) is 2.72. The summed E-state index contributed by atoms with van der Waals surface area (Å²) in [5.74, 6) is -4.48. The third-order valence-corrected chi connectivity index (χ3v) is 7.23. The molecule has 0 aromatic heterocycles. The van der Waals surface area contributed by atoms with Crippen molar-refractivity contribution in [3.05, 3.63) is 29.6 Å². The second-order valence-electron chi connectivity index (χ2n) is 9.25. The summed E-state index contributed by atoms with van der Waals surface area (Å²) in [6.45, 7) is 2.22. The summed E-state index contributed by atoms with van der Waals surface area (Å²) >= 11 is 0. The molecule has 1 aromatic rings. The molecule has 0 N–H and O–H groups in total. The van der Waals surface area contributed by atoms with Crippen LogP contribution in [0, 0.1) is 41.1 Å². The van der Waals surface area contributed by atoms with E-state index in [4.69, 9.17) is 0 Å². The molecular formula is C24H33F5O. The smallest absolute Gasteiger partial charge is 0.400 e. The molecule has 0 saturated heterocycles. The Kier molecular flexibility index (Phi) is 8.03. The number of hydrogen-bond donors (Lipinski definition) is 0. The summed E-state index contributed by atoms with van der Waals surface area (Å²) in [4.78, 5) is 0. The number of rotatable bonds is 8. The highest BCUT2D eigenvalue weighted by molar-refractivity contribution is 5.25. The van der Waals surface area contributed by atoms with E-state index in [9.17, 15) is 22.0 Å². The third kappa shape index (κ3) is 5.88. The van der Waals surface area contributed by atoms with Crippen LogP contribution in [0.1, 0.15) is 84.0 Å². The Labute approximate surface area is 176 Å². The number of benzene rings is 1. The zero-order valence-electron chi connectivity index (χ0n) is 17.7. The van der Waals surface area contributed by atoms with Crippen molar-refractivity contribution in [3.8, 4) is 5.75 Å². The Hall–Kier alpha value is -1.33. The lowest BCUT2D eigenvalue weighted by molar-refractivity contribution is -0.224. The number of ether oxygens (including phenoxy) is 1. The van der Waals surface area contributed by atoms with E-state index < -0.39 is 35.2 Å². The van der Waals surface area contributed by atoms with Crippen LogP contribution in [0.25, 0.3) is 0 Å². The molecule has 6 heteroatoms. The van der Waals surface area contributed by atoms with Gasteiger partial charge in [-0.1, -0.05) is 45.4 Å². The summed E-state index contributed by atoms with van der Waals surface area (Å²) in [7, 11) is 0. The fraction of sp³-hybridized carbons (Fsp3) is 0.750. The van der Waals surface area contributed by atoms with Gasteiger partial charge in [0.05, 0.1) is 5.92 Å². The van der Waals surface area contributed by atoms with Crippen molar-refractivity contribution in [2.24, 2.45) is 23.7 Å². The standard InChI is InChI=1S/C24H33F5O/c1-2-3-4-5-16-6-8-17(9-7-16)18-10-12-19(13-11-18)24(28,29)30-20-14-21(25)23(27)22(26)15-20/h14-19H,2-13H2,1H3. The van der Waals surface area contributed by atoms with Crippen LogP contribution < -0.4 is 4.74 Å². The summed E-state index contributed by atoms with van der Waals surface area (Å²) in [6, 6.07) is 0.938. The van der Waals surface area contributed by atoms with Crippen molar-refractivity contribution in [3.63, 3.8) is 0 Å². The Balaban J connectivity index is 1.47. The highest BCUT2D eigenvalue weighted by atomic mass is 19.3. The van der Waals surface area contributed by atoms with Gasteiger partial charge in [-0.05, 0) is 56.3 Å². The zero-order valence-corrected chi connectivity index (χ0v) is 17.7. The first-order chi connectivity index (χ1) is 14.3. The van der Waals surface area contributed by atoms with E-state index in [2.05, 4.69) is 11.7 Å². The largest absolute Gasteiger partial charge is 0.432 e. The monoisotopic (exact) mass is 432 g/mol. The molecule has 0 unspecified atom stereocenters. The van der Waals surface area contributed by atoms with E-state index in [0.29, 0.717) is 36.8 Å². The zero-order chi connectivity index (χ0) is 21.7. The molecule has 0 radical (unpaired) electrons. The van der Waals surface area contributed by atoms with Gasteiger partial charge in [-0.15, -0.1) is 0 Å². The van der Waals surface area contributed by atoms with Gasteiger partial charge in [0, 0.05) is 12.1 Å². The Morgan fingerprint density at radius 2 is 1.37 bits per heavy atom. The van der Waals surface area contributed by atoms with Gasteiger partial charge in [0.2, 0.25) is 0 Å². The molecular weight excluding hydrogens is 399 g/mol. The van der Waals surface area contributed by atoms with Gasteiger partial charge in [0.25, 0.3) is 0 Å². The maximum atomic E-state index is 14.6. The minimum atomic E-state index is -3.53. The number of unbranched alkanes of at least 4 members (excludes halogenated alkanes) is 2. The van der Waals surface area contributed by atoms with Crippen molar-refractivity contribution in [1.82, 2.24) is 0 Å². The molecule has 3 rings (SSSR count). The first kappa shape index (κ1) is 23.3. The molecule has 30 heavy (non-hydrogen) atoms. The van der Waals surface area contributed by atoms with Crippen LogP contribution in [0.4, 0.5) is 22.0 Å². The van der Waals surface area contributed by atoms with Gasteiger partial charge in [-0.2, -0.15) is 8.78 Å². The van der Waals surface area contributed by atoms with Crippen LogP contribution in [0.15, 0.2) is 12.1 Å². The quantitative estimate of drug-likeness (QED) is 0.228. The first-order valence-corrected chi connectivity index (χ1v) is 11.5. The van der Waals surface area contributed by atoms with Crippen molar-refractivity contribution in [2.75, 3.05) is 0 Å². The van der Waals surface area contributed by atoms with E-state index in [1.165, 1.54) is 51.4 Å². The summed E-state index contributed by atoms with van der Waals surface area (Å²) in [6.07, 6.45) is 8.72. The van der Waals surface area contributed by atoms with E-state index in [1.807, 2.05) is 0 Å². The van der Waals surface area contributed by atoms with Crippen LogP contribution in [0.5, 0.6) is 5.75 Å². The fourth-order valence-electron chi connectivity index (χ4n) is 5.39. The Morgan fingerprint density at radius 1 is 0.833 bits per heavy atom. The number of hydrogen-bond acceptors (Lipinski definition) is 1. The van der Waals surface area contributed by atoms with E-state index in [1.54, 1.807) is 0 Å². The van der Waals surface area contributed by atoms with Crippen LogP contribution >= 0.6 is 0 Å². The van der Waals surface area contributed by atoms with Gasteiger partial charge in [-0.3, -0.25) is 0 Å². The van der Waals surface area contributed by atoms with Crippen LogP contribution in [0.2, 0.25) is 0 Å². The molecule has 1 aromatic carbocycles. The van der Waals surface area contributed by atoms with Crippen molar-refractivity contribution in [2.45, 2.75) is 90.1 Å². The molecule has 0 aliphatic heterocycles. The fourth-order valence-corrected chi connectivity index (χ4v) is 5.39. The SMILES string of the molecule is CCCCCC1CCC(C2CCC(C(F)(F)Oc3cc(F)c(F)c(F)c3)CC2)CC1. The highest BCUT2D eigenvalue weighted by Crippen LogP contribution is 2.46. The first-order valence-electron chi connectivity index (χ1n) is 11.5. The molecule has 2 aliphatic rings. The summed E-state index contributed by atoms with van der Waals surface area (Å²) < 4.78 is 73.4. The molecule has 170 valence electrons. The second kappa shape index (κ2) is 10.3. The number of halogens is 5. The topological polar surface area (TPSA) is 9.23 Å². The molecule has 2 fully saturated rings. The van der Waals surface area contributed by atoms with Crippen molar-refractivity contribution >= 4 is 0 Å². The molecule has 0 heterocycles. The molecule has 0 bridgehead atoms. The third-order valence-electron chi connectivity index (χ3n) is 7.23. The van der Waals surface area contributed by atoms with Crippen LogP contribution in [-0.2, 0) is 0 Å². The van der Waals surface area contributed by atoms with Crippen LogP contribution in [0.3, 0.4) is 0 Å². The molecule has 0 spiro atoms.